The van der Waals surface area contributed by atoms with Crippen LogP contribution in [0.1, 0.15) is 27.8 Å². The molecule has 0 saturated heterocycles. The van der Waals surface area contributed by atoms with E-state index in [1.807, 2.05) is 30.3 Å². The summed E-state index contributed by atoms with van der Waals surface area (Å²) < 4.78 is 11.3. The smallest absolute Gasteiger partial charge is 0.289 e. The molecule has 0 saturated carbocycles. The van der Waals surface area contributed by atoms with Crippen LogP contribution in [0.25, 0.3) is 11.3 Å². The van der Waals surface area contributed by atoms with Crippen LogP contribution in [0.4, 0.5) is 0 Å². The molecule has 0 atom stereocenters. The van der Waals surface area contributed by atoms with Crippen LogP contribution in [-0.2, 0) is 0 Å². The molecule has 1 heterocycles. The zero-order chi connectivity index (χ0) is 19.2. The van der Waals surface area contributed by atoms with Gasteiger partial charge in [0.2, 0.25) is 0 Å². The molecule has 0 bridgehead atoms. The number of carbonyl (C=O) groups is 2. The maximum atomic E-state index is 12.5. The molecule has 0 fully saturated rings. The molecule has 0 radical (unpaired) electrons. The molecule has 0 aliphatic rings. The van der Waals surface area contributed by atoms with Crippen molar-refractivity contribution in [1.82, 2.24) is 4.90 Å². The van der Waals surface area contributed by atoms with Gasteiger partial charge in [-0.1, -0.05) is 42.5 Å². The molecule has 3 aromatic rings. The lowest BCUT2D eigenvalue weighted by Gasteiger charge is -2.16. The van der Waals surface area contributed by atoms with Gasteiger partial charge in [-0.25, -0.2) is 0 Å². The zero-order valence-corrected chi connectivity index (χ0v) is 15.3. The quantitative estimate of drug-likeness (QED) is 0.587. The topological polar surface area (TPSA) is 59.8 Å². The average Bonchev–Trinajstić information content (AvgIpc) is 3.18. The minimum atomic E-state index is -0.210. The highest BCUT2D eigenvalue weighted by molar-refractivity contribution is 5.94. The normalized spacial score (nSPS) is 10.4. The number of ether oxygens (including phenoxy) is 1. The lowest BCUT2D eigenvalue weighted by molar-refractivity contribution is 0.0743. The summed E-state index contributed by atoms with van der Waals surface area (Å²) in [7, 11) is 1.71. The van der Waals surface area contributed by atoms with E-state index in [0.717, 1.165) is 11.3 Å². The molecule has 0 unspecified atom stereocenters. The van der Waals surface area contributed by atoms with E-state index in [0.29, 0.717) is 24.5 Å². The minimum Gasteiger partial charge on any atom is -0.492 e. The van der Waals surface area contributed by atoms with Crippen LogP contribution in [0.2, 0.25) is 0 Å². The first-order chi connectivity index (χ1) is 13.0. The van der Waals surface area contributed by atoms with Gasteiger partial charge >= 0.3 is 0 Å². The van der Waals surface area contributed by atoms with Gasteiger partial charge in [0.25, 0.3) is 5.91 Å². The largest absolute Gasteiger partial charge is 0.492 e. The molecule has 2 aromatic carbocycles. The summed E-state index contributed by atoms with van der Waals surface area (Å²) >= 11 is 0. The standard InChI is InChI=1S/C22H21NO4/c1-16(24)17-8-10-18(11-9-17)20-12-13-21(27-20)22(25)23(2)14-15-26-19-6-4-3-5-7-19/h3-13H,14-15H2,1-2H3. The van der Waals surface area contributed by atoms with E-state index < -0.39 is 0 Å². The molecular formula is C22H21NO4. The van der Waals surface area contributed by atoms with Gasteiger partial charge in [-0.15, -0.1) is 0 Å². The van der Waals surface area contributed by atoms with Crippen molar-refractivity contribution in [2.45, 2.75) is 6.92 Å². The number of furan rings is 1. The number of rotatable bonds is 7. The van der Waals surface area contributed by atoms with Gasteiger partial charge in [0, 0.05) is 18.2 Å². The van der Waals surface area contributed by atoms with Crippen LogP contribution in [0.15, 0.2) is 71.1 Å². The number of benzene rings is 2. The predicted octanol–water partition coefficient (Wildman–Crippen LogP) is 4.30. The van der Waals surface area contributed by atoms with E-state index in [1.165, 1.54) is 6.92 Å². The van der Waals surface area contributed by atoms with E-state index in [9.17, 15) is 9.59 Å². The SMILES string of the molecule is CC(=O)c1ccc(-c2ccc(C(=O)N(C)CCOc3ccccc3)o2)cc1. The average molecular weight is 363 g/mol. The fourth-order valence-corrected chi connectivity index (χ4v) is 2.58. The number of likely N-dealkylation sites (N-methyl/N-ethyl adjacent to an activating group) is 1. The third-order valence-electron chi connectivity index (χ3n) is 4.18. The molecule has 5 heteroatoms. The zero-order valence-electron chi connectivity index (χ0n) is 15.3. The van der Waals surface area contributed by atoms with Gasteiger partial charge in [0.15, 0.2) is 11.5 Å². The highest BCUT2D eigenvalue weighted by Crippen LogP contribution is 2.23. The molecule has 1 aromatic heterocycles. The monoisotopic (exact) mass is 363 g/mol. The summed E-state index contributed by atoms with van der Waals surface area (Å²) in [5, 5.41) is 0. The Morgan fingerprint density at radius 2 is 1.67 bits per heavy atom. The van der Waals surface area contributed by atoms with Crippen molar-refractivity contribution in [2.75, 3.05) is 20.2 Å². The molecule has 3 rings (SSSR count). The van der Waals surface area contributed by atoms with Crippen LogP contribution in [0.3, 0.4) is 0 Å². The van der Waals surface area contributed by atoms with Crippen molar-refractivity contribution in [1.29, 1.82) is 0 Å². The summed E-state index contributed by atoms with van der Waals surface area (Å²) in [5.41, 5.74) is 1.45. The molecule has 27 heavy (non-hydrogen) atoms. The fraction of sp³-hybridized carbons (Fsp3) is 0.182. The van der Waals surface area contributed by atoms with Gasteiger partial charge in [0.05, 0.1) is 6.54 Å². The first-order valence-electron chi connectivity index (χ1n) is 8.69. The molecular weight excluding hydrogens is 342 g/mol. The molecule has 5 nitrogen and oxygen atoms in total. The Balaban J connectivity index is 1.59. The van der Waals surface area contributed by atoms with Gasteiger partial charge in [-0.3, -0.25) is 9.59 Å². The van der Waals surface area contributed by atoms with Gasteiger partial charge in [-0.05, 0) is 31.2 Å². The number of amides is 1. The molecule has 1 amide bonds. The first-order valence-corrected chi connectivity index (χ1v) is 8.69. The third-order valence-corrected chi connectivity index (χ3v) is 4.18. The second-order valence-corrected chi connectivity index (χ2v) is 6.19. The summed E-state index contributed by atoms with van der Waals surface area (Å²) in [4.78, 5) is 25.4. The Kier molecular flexibility index (Phi) is 5.71. The van der Waals surface area contributed by atoms with Crippen LogP contribution in [0, 0.1) is 0 Å². The number of hydrogen-bond acceptors (Lipinski definition) is 4. The summed E-state index contributed by atoms with van der Waals surface area (Å²) in [6.45, 7) is 2.36. The highest BCUT2D eigenvalue weighted by Gasteiger charge is 2.16. The van der Waals surface area contributed by atoms with E-state index >= 15 is 0 Å². The lowest BCUT2D eigenvalue weighted by atomic mass is 10.1. The summed E-state index contributed by atoms with van der Waals surface area (Å²) in [6, 6.07) is 20.0. The molecule has 0 spiro atoms. The minimum absolute atomic E-state index is 0.0104. The number of para-hydroxylation sites is 1. The van der Waals surface area contributed by atoms with Crippen molar-refractivity contribution >= 4 is 11.7 Å². The molecule has 0 N–H and O–H groups in total. The van der Waals surface area contributed by atoms with Gasteiger partial charge in [0.1, 0.15) is 18.1 Å². The fourth-order valence-electron chi connectivity index (χ4n) is 2.58. The van der Waals surface area contributed by atoms with E-state index in [1.54, 1.807) is 48.3 Å². The number of Topliss-reactive ketones (excluding diaryl/α,β-unsaturated/α-hetero) is 1. The molecule has 0 aliphatic heterocycles. The van der Waals surface area contributed by atoms with Crippen LogP contribution < -0.4 is 4.74 Å². The van der Waals surface area contributed by atoms with Crippen molar-refractivity contribution in [3.8, 4) is 17.1 Å². The Morgan fingerprint density at radius 3 is 2.33 bits per heavy atom. The molecule has 138 valence electrons. The van der Waals surface area contributed by atoms with Crippen molar-refractivity contribution in [3.05, 3.63) is 78.1 Å². The number of nitrogens with zero attached hydrogens (tertiary/aromatic N) is 1. The van der Waals surface area contributed by atoms with Gasteiger partial charge < -0.3 is 14.1 Å². The second kappa shape index (κ2) is 8.36. The number of carbonyl (C=O) groups excluding carboxylic acids is 2. The Hall–Kier alpha value is -3.34. The predicted molar refractivity (Wildman–Crippen MR) is 103 cm³/mol. The number of ketones is 1. The van der Waals surface area contributed by atoms with E-state index in [-0.39, 0.29) is 17.5 Å². The van der Waals surface area contributed by atoms with Crippen molar-refractivity contribution in [3.63, 3.8) is 0 Å². The Morgan fingerprint density at radius 1 is 0.963 bits per heavy atom. The molecule has 0 aliphatic carbocycles. The summed E-state index contributed by atoms with van der Waals surface area (Å²) in [5.74, 6) is 1.42. The van der Waals surface area contributed by atoms with Crippen LogP contribution in [0.5, 0.6) is 5.75 Å². The highest BCUT2D eigenvalue weighted by atomic mass is 16.5. The van der Waals surface area contributed by atoms with E-state index in [4.69, 9.17) is 9.15 Å². The van der Waals surface area contributed by atoms with E-state index in [2.05, 4.69) is 0 Å². The maximum Gasteiger partial charge on any atom is 0.289 e. The van der Waals surface area contributed by atoms with Gasteiger partial charge in [-0.2, -0.15) is 0 Å². The lowest BCUT2D eigenvalue weighted by Crippen LogP contribution is -2.30. The van der Waals surface area contributed by atoms with Crippen molar-refractivity contribution < 1.29 is 18.7 Å². The summed E-state index contributed by atoms with van der Waals surface area (Å²) in [6.07, 6.45) is 0. The van der Waals surface area contributed by atoms with Crippen LogP contribution >= 0.6 is 0 Å². The second-order valence-electron chi connectivity index (χ2n) is 6.19. The van der Waals surface area contributed by atoms with Crippen LogP contribution in [-0.4, -0.2) is 36.8 Å². The first kappa shape index (κ1) is 18.5. The third kappa shape index (κ3) is 4.64. The Bertz CT molecular complexity index is 913. The van der Waals surface area contributed by atoms with Crippen molar-refractivity contribution in [2.24, 2.45) is 0 Å². The number of hydrogen-bond donors (Lipinski definition) is 0. The Labute approximate surface area is 158 Å². The maximum absolute atomic E-state index is 12.5.